The predicted octanol–water partition coefficient (Wildman–Crippen LogP) is 1.13. The molecule has 0 fully saturated rings. The second-order valence-electron chi connectivity index (χ2n) is 3.47. The van der Waals surface area contributed by atoms with E-state index in [1.54, 1.807) is 0 Å². The van der Waals surface area contributed by atoms with E-state index < -0.39 is 10.8 Å². The predicted molar refractivity (Wildman–Crippen MR) is 51.0 cm³/mol. The molecular formula is C8H19NOS. The minimum Gasteiger partial charge on any atom is -0.327 e. The summed E-state index contributed by atoms with van der Waals surface area (Å²) in [6, 6.07) is 0.0722. The molecule has 0 radical (unpaired) electrons. The van der Waals surface area contributed by atoms with Gasteiger partial charge in [-0.15, -0.1) is 0 Å². The minimum atomic E-state index is -0.696. The number of nitrogens with two attached hydrogens (primary N) is 1. The zero-order valence-electron chi connectivity index (χ0n) is 7.67. The molecule has 11 heavy (non-hydrogen) atoms. The Kier molecular flexibility index (Phi) is 5.78. The lowest BCUT2D eigenvalue weighted by molar-refractivity contribution is 0.617. The molecule has 2 atom stereocenters. The molecule has 3 heteroatoms. The first-order chi connectivity index (χ1) is 5.02. The average Bonchev–Trinajstić information content (AvgIpc) is 1.82. The summed E-state index contributed by atoms with van der Waals surface area (Å²) in [4.78, 5) is 0. The zero-order valence-corrected chi connectivity index (χ0v) is 8.49. The molecule has 0 saturated carbocycles. The van der Waals surface area contributed by atoms with Gasteiger partial charge < -0.3 is 5.73 Å². The SMILES string of the molecule is CC(C)CCS(=O)CC(C)N. The molecule has 0 aromatic heterocycles. The summed E-state index contributed by atoms with van der Waals surface area (Å²) in [7, 11) is -0.696. The van der Waals surface area contributed by atoms with Crippen LogP contribution in [-0.2, 0) is 10.8 Å². The van der Waals surface area contributed by atoms with Crippen molar-refractivity contribution in [3.8, 4) is 0 Å². The van der Waals surface area contributed by atoms with Gasteiger partial charge in [-0.25, -0.2) is 0 Å². The van der Waals surface area contributed by atoms with Gasteiger partial charge in [-0.1, -0.05) is 13.8 Å². The Morgan fingerprint density at radius 2 is 1.91 bits per heavy atom. The molecule has 0 bridgehead atoms. The van der Waals surface area contributed by atoms with Gasteiger partial charge in [0.2, 0.25) is 0 Å². The molecule has 2 N–H and O–H groups in total. The maximum atomic E-state index is 11.2. The van der Waals surface area contributed by atoms with Crippen LogP contribution < -0.4 is 5.73 Å². The third kappa shape index (κ3) is 8.01. The maximum absolute atomic E-state index is 11.2. The third-order valence-electron chi connectivity index (χ3n) is 1.37. The molecule has 0 heterocycles. The summed E-state index contributed by atoms with van der Waals surface area (Å²) in [6.45, 7) is 6.18. The topological polar surface area (TPSA) is 43.1 Å². The number of hydrogen-bond acceptors (Lipinski definition) is 2. The van der Waals surface area contributed by atoms with Crippen molar-refractivity contribution in [2.45, 2.75) is 33.2 Å². The van der Waals surface area contributed by atoms with Crippen molar-refractivity contribution in [1.29, 1.82) is 0 Å². The van der Waals surface area contributed by atoms with E-state index in [0.717, 1.165) is 12.2 Å². The fourth-order valence-corrected chi connectivity index (χ4v) is 2.23. The number of rotatable bonds is 5. The average molecular weight is 177 g/mol. The van der Waals surface area contributed by atoms with E-state index >= 15 is 0 Å². The van der Waals surface area contributed by atoms with Crippen LogP contribution in [0.4, 0.5) is 0 Å². The molecule has 0 saturated heterocycles. The molecule has 0 aliphatic heterocycles. The van der Waals surface area contributed by atoms with E-state index in [2.05, 4.69) is 13.8 Å². The van der Waals surface area contributed by atoms with Gasteiger partial charge in [0.15, 0.2) is 0 Å². The van der Waals surface area contributed by atoms with Crippen molar-refractivity contribution < 1.29 is 4.21 Å². The van der Waals surface area contributed by atoms with E-state index in [1.165, 1.54) is 0 Å². The first-order valence-electron chi connectivity index (χ1n) is 4.13. The Morgan fingerprint density at radius 3 is 2.27 bits per heavy atom. The lowest BCUT2D eigenvalue weighted by atomic mass is 10.2. The molecule has 2 nitrogen and oxygen atoms in total. The lowest BCUT2D eigenvalue weighted by Gasteiger charge is -2.06. The molecule has 0 aromatic rings. The highest BCUT2D eigenvalue weighted by molar-refractivity contribution is 7.85. The summed E-state index contributed by atoms with van der Waals surface area (Å²) in [5.41, 5.74) is 5.51. The highest BCUT2D eigenvalue weighted by Gasteiger charge is 2.03. The van der Waals surface area contributed by atoms with Crippen molar-refractivity contribution in [1.82, 2.24) is 0 Å². The van der Waals surface area contributed by atoms with E-state index in [0.29, 0.717) is 11.7 Å². The monoisotopic (exact) mass is 177 g/mol. The lowest BCUT2D eigenvalue weighted by Crippen LogP contribution is -2.24. The van der Waals surface area contributed by atoms with Gasteiger partial charge in [0.25, 0.3) is 0 Å². The van der Waals surface area contributed by atoms with Crippen LogP contribution in [0.1, 0.15) is 27.2 Å². The van der Waals surface area contributed by atoms with Crippen LogP contribution >= 0.6 is 0 Å². The molecule has 0 rings (SSSR count). The fraction of sp³-hybridized carbons (Fsp3) is 1.00. The molecule has 0 aromatic carbocycles. The van der Waals surface area contributed by atoms with E-state index in [4.69, 9.17) is 5.73 Å². The molecule has 2 unspecified atom stereocenters. The van der Waals surface area contributed by atoms with Crippen LogP contribution in [0.2, 0.25) is 0 Å². The quantitative estimate of drug-likeness (QED) is 0.684. The van der Waals surface area contributed by atoms with Crippen molar-refractivity contribution in [2.75, 3.05) is 11.5 Å². The van der Waals surface area contributed by atoms with Gasteiger partial charge in [-0.3, -0.25) is 4.21 Å². The van der Waals surface area contributed by atoms with Gasteiger partial charge in [0.05, 0.1) is 0 Å². The Bertz CT molecular complexity index is 123. The largest absolute Gasteiger partial charge is 0.327 e. The smallest absolute Gasteiger partial charge is 0.0383 e. The normalized spacial score (nSPS) is 16.8. The molecule has 0 aliphatic carbocycles. The third-order valence-corrected chi connectivity index (χ3v) is 2.96. The van der Waals surface area contributed by atoms with Crippen LogP contribution in [0.5, 0.6) is 0 Å². The highest BCUT2D eigenvalue weighted by atomic mass is 32.2. The first-order valence-corrected chi connectivity index (χ1v) is 5.61. The van der Waals surface area contributed by atoms with E-state index in [-0.39, 0.29) is 6.04 Å². The summed E-state index contributed by atoms with van der Waals surface area (Å²) < 4.78 is 11.2. The Balaban J connectivity index is 3.38. The summed E-state index contributed by atoms with van der Waals surface area (Å²) >= 11 is 0. The maximum Gasteiger partial charge on any atom is 0.0383 e. The molecule has 0 amide bonds. The summed E-state index contributed by atoms with van der Waals surface area (Å²) in [5, 5.41) is 0. The van der Waals surface area contributed by atoms with Crippen LogP contribution in [0.25, 0.3) is 0 Å². The van der Waals surface area contributed by atoms with Crippen LogP contribution in [0, 0.1) is 5.92 Å². The van der Waals surface area contributed by atoms with Crippen LogP contribution in [0.3, 0.4) is 0 Å². The summed E-state index contributed by atoms with van der Waals surface area (Å²) in [6.07, 6.45) is 1.04. The van der Waals surface area contributed by atoms with Crippen molar-refractivity contribution in [2.24, 2.45) is 11.7 Å². The van der Waals surface area contributed by atoms with Crippen LogP contribution in [-0.4, -0.2) is 21.8 Å². The molecule has 0 aliphatic rings. The second kappa shape index (κ2) is 5.72. The molecule has 0 spiro atoms. The Hall–Kier alpha value is 0.110. The van der Waals surface area contributed by atoms with Gasteiger partial charge in [0, 0.05) is 28.3 Å². The Morgan fingerprint density at radius 1 is 1.36 bits per heavy atom. The first kappa shape index (κ1) is 11.1. The van der Waals surface area contributed by atoms with E-state index in [1.807, 2.05) is 6.92 Å². The minimum absolute atomic E-state index is 0.0722. The van der Waals surface area contributed by atoms with Crippen molar-refractivity contribution in [3.63, 3.8) is 0 Å². The van der Waals surface area contributed by atoms with Crippen molar-refractivity contribution >= 4 is 10.8 Å². The van der Waals surface area contributed by atoms with Crippen LogP contribution in [0.15, 0.2) is 0 Å². The number of hydrogen-bond donors (Lipinski definition) is 1. The fourth-order valence-electron chi connectivity index (χ4n) is 0.744. The zero-order chi connectivity index (χ0) is 8.85. The van der Waals surface area contributed by atoms with Gasteiger partial charge >= 0.3 is 0 Å². The van der Waals surface area contributed by atoms with E-state index in [9.17, 15) is 4.21 Å². The van der Waals surface area contributed by atoms with Gasteiger partial charge in [0.1, 0.15) is 0 Å². The second-order valence-corrected chi connectivity index (χ2v) is 5.09. The Labute approximate surface area is 72.0 Å². The standard InChI is InChI=1S/C8H19NOS/c1-7(2)4-5-11(10)6-8(3)9/h7-8H,4-6,9H2,1-3H3. The summed E-state index contributed by atoms with van der Waals surface area (Å²) in [5.74, 6) is 2.10. The van der Waals surface area contributed by atoms with Gasteiger partial charge in [-0.05, 0) is 19.3 Å². The molecular weight excluding hydrogens is 158 g/mol. The molecule has 68 valence electrons. The van der Waals surface area contributed by atoms with Crippen molar-refractivity contribution in [3.05, 3.63) is 0 Å². The highest BCUT2D eigenvalue weighted by Crippen LogP contribution is 2.01. The van der Waals surface area contributed by atoms with Gasteiger partial charge in [-0.2, -0.15) is 0 Å².